The lowest BCUT2D eigenvalue weighted by atomic mass is 9.98. The monoisotopic (exact) mass is 722 g/mol. The average Bonchev–Trinajstić information content (AvgIpc) is 3.34. The van der Waals surface area contributed by atoms with Gasteiger partial charge in [-0.3, -0.25) is 0 Å². The lowest BCUT2D eigenvalue weighted by molar-refractivity contribution is -0.380. The van der Waals surface area contributed by atoms with Crippen LogP contribution < -0.4 is 0 Å². The fraction of sp³-hybridized carbons (Fsp3) is 0.962. The van der Waals surface area contributed by atoms with Crippen LogP contribution in [0.5, 0.6) is 0 Å². The molecule has 5 aliphatic rings. The van der Waals surface area contributed by atoms with E-state index in [9.17, 15) is 71.2 Å². The van der Waals surface area contributed by atoms with Crippen LogP contribution >= 0.6 is 0 Å². The fourth-order valence-electron chi connectivity index (χ4n) is 5.89. The minimum absolute atomic E-state index is 0.453. The molecule has 0 aromatic carbocycles. The van der Waals surface area contributed by atoms with Gasteiger partial charge in [-0.05, 0) is 0 Å². The number of ether oxygens (including phenoxy) is 9. The summed E-state index contributed by atoms with van der Waals surface area (Å²) in [5, 5.41) is 133. The van der Waals surface area contributed by atoms with E-state index in [4.69, 9.17) is 42.6 Å². The molecule has 0 aromatic heterocycles. The first kappa shape index (κ1) is 38.9. The van der Waals surface area contributed by atoms with Crippen molar-refractivity contribution in [3.63, 3.8) is 0 Å². The smallest absolute Gasteiger partial charge is 0.335 e. The maximum absolute atomic E-state index is 11.6. The highest BCUT2D eigenvalue weighted by molar-refractivity contribution is 5.73. The minimum atomic E-state index is -2.09. The molecule has 5 rings (SSSR count). The van der Waals surface area contributed by atoms with Gasteiger partial charge in [0.15, 0.2) is 37.6 Å². The van der Waals surface area contributed by atoms with Crippen molar-refractivity contribution >= 4 is 5.97 Å². The quantitative estimate of drug-likeness (QED) is 0.0995. The molecule has 5 heterocycles. The van der Waals surface area contributed by atoms with Gasteiger partial charge in [0.1, 0.15) is 91.6 Å². The molecule has 21 atom stereocenters. The third-order valence-electron chi connectivity index (χ3n) is 8.80. The number of carboxylic acids is 1. The van der Waals surface area contributed by atoms with Crippen LogP contribution in [-0.4, -0.2) is 228 Å². The van der Waals surface area contributed by atoms with Gasteiger partial charge >= 0.3 is 5.97 Å². The van der Waals surface area contributed by atoms with Gasteiger partial charge in [0.2, 0.25) is 0 Å². The van der Waals surface area contributed by atoms with Crippen LogP contribution in [0.2, 0.25) is 0 Å². The highest BCUT2D eigenvalue weighted by atomic mass is 16.8. The van der Waals surface area contributed by atoms with Crippen molar-refractivity contribution < 1.29 is 114 Å². The molecular weight excluding hydrogens is 680 g/mol. The largest absolute Gasteiger partial charge is 0.479 e. The molecule has 0 saturated carbocycles. The van der Waals surface area contributed by atoms with E-state index in [1.807, 2.05) is 0 Å². The summed E-state index contributed by atoms with van der Waals surface area (Å²) < 4.78 is 49.3. The van der Waals surface area contributed by atoms with E-state index in [1.54, 1.807) is 0 Å². The van der Waals surface area contributed by atoms with Gasteiger partial charge in [0.05, 0.1) is 26.4 Å². The van der Waals surface area contributed by atoms with Crippen LogP contribution in [0.3, 0.4) is 0 Å². The Bertz CT molecular complexity index is 1090. The van der Waals surface area contributed by atoms with E-state index in [0.29, 0.717) is 0 Å². The van der Waals surface area contributed by atoms with E-state index >= 15 is 0 Å². The Morgan fingerprint density at radius 1 is 0.531 bits per heavy atom. The normalized spacial score (nSPS) is 52.6. The molecule has 0 unspecified atom stereocenters. The molecule has 0 radical (unpaired) electrons. The number of aliphatic hydroxyl groups excluding tert-OH is 12. The highest BCUT2D eigenvalue weighted by Crippen LogP contribution is 2.33. The molecule has 5 fully saturated rings. The Balaban J connectivity index is 1.35. The summed E-state index contributed by atoms with van der Waals surface area (Å²) in [5.41, 5.74) is 0. The number of aliphatic carboxylic acids is 1. The maximum atomic E-state index is 11.6. The van der Waals surface area contributed by atoms with Gasteiger partial charge in [-0.15, -0.1) is 0 Å². The zero-order valence-electron chi connectivity index (χ0n) is 25.3. The van der Waals surface area contributed by atoms with Crippen LogP contribution in [0.4, 0.5) is 0 Å². The van der Waals surface area contributed by atoms with Crippen molar-refractivity contribution in [2.24, 2.45) is 0 Å². The molecule has 0 amide bonds. The number of hydrogen-bond acceptors (Lipinski definition) is 22. The van der Waals surface area contributed by atoms with Crippen molar-refractivity contribution in [3.8, 4) is 0 Å². The van der Waals surface area contributed by atoms with Gasteiger partial charge in [0.25, 0.3) is 0 Å². The standard InChI is InChI=1S/C26H42O23/c27-1-6-10(30)15(35)24(44-6)47-18-8(4-43-23(17(18)37)45-7-3-41-22(40)14(34)11(7)31)46-26-20(9(29)5(28)2-42-26)49-25-16(36)12(32)13(33)19(48-25)21(38)39/h5-20,22-37,40H,1-4H2,(H,38,39)/t5-,6+,7-,8-,9+,10+,11+,12+,13+,14-,15-,16-,17-,18+,19+,20-,22-,23+,24+,25-,26+/m1/s1. The highest BCUT2D eigenvalue weighted by Gasteiger charge is 2.54. The van der Waals surface area contributed by atoms with Crippen molar-refractivity contribution in [2.45, 2.75) is 129 Å². The summed E-state index contributed by atoms with van der Waals surface area (Å²) in [5.74, 6) is -1.73. The second-order valence-corrected chi connectivity index (χ2v) is 12.1. The first-order chi connectivity index (χ1) is 23.1. The molecule has 0 bridgehead atoms. The topological polar surface area (TPSA) is 363 Å². The molecule has 23 nitrogen and oxygen atoms in total. The van der Waals surface area contributed by atoms with E-state index in [1.165, 1.54) is 0 Å². The summed E-state index contributed by atoms with van der Waals surface area (Å²) in [6.07, 6.45) is -37.1. The van der Waals surface area contributed by atoms with Crippen molar-refractivity contribution in [1.29, 1.82) is 0 Å². The number of carboxylic acid groups (broad SMARTS) is 1. The van der Waals surface area contributed by atoms with Gasteiger partial charge in [0, 0.05) is 0 Å². The summed E-state index contributed by atoms with van der Waals surface area (Å²) in [6, 6.07) is 0. The second kappa shape index (κ2) is 16.1. The van der Waals surface area contributed by atoms with Gasteiger partial charge < -0.3 is 109 Å². The lowest BCUT2D eigenvalue weighted by Crippen LogP contribution is -2.65. The molecule has 23 heteroatoms. The summed E-state index contributed by atoms with van der Waals surface area (Å²) >= 11 is 0. The zero-order chi connectivity index (χ0) is 35.9. The molecule has 5 saturated heterocycles. The summed E-state index contributed by atoms with van der Waals surface area (Å²) in [7, 11) is 0. The van der Waals surface area contributed by atoms with E-state index in [2.05, 4.69) is 0 Å². The van der Waals surface area contributed by atoms with Crippen LogP contribution in [0.15, 0.2) is 0 Å². The van der Waals surface area contributed by atoms with Crippen molar-refractivity contribution in [2.75, 3.05) is 26.4 Å². The van der Waals surface area contributed by atoms with Gasteiger partial charge in [-0.1, -0.05) is 0 Å². The SMILES string of the molecule is O=C(O)[C@H]1O[C@H](O[C@H]2[C@H](O[C@@H]3CO[C@@H](O[C@@H]4CO[C@@H](O)[C@H](O)[C@H]4O)[C@H](O)[C@H]3O[C@@H]3O[C@@H](CO)[C@H](O)[C@H]3O)OC[C@@H](O)[C@@H]2O)[C@H](O)[C@@H](O)[C@@H]1O. The zero-order valence-corrected chi connectivity index (χ0v) is 25.3. The van der Waals surface area contributed by atoms with Crippen molar-refractivity contribution in [1.82, 2.24) is 0 Å². The molecule has 0 spiro atoms. The number of hydrogen-bond donors (Lipinski definition) is 13. The Morgan fingerprint density at radius 2 is 1.12 bits per heavy atom. The van der Waals surface area contributed by atoms with Crippen LogP contribution in [0.25, 0.3) is 0 Å². The summed E-state index contributed by atoms with van der Waals surface area (Å²) in [4.78, 5) is 11.6. The number of aliphatic hydroxyl groups is 12. The fourth-order valence-corrected chi connectivity index (χ4v) is 5.89. The molecule has 13 N–H and O–H groups in total. The molecule has 0 aromatic rings. The van der Waals surface area contributed by atoms with E-state index in [-0.39, 0.29) is 0 Å². The Kier molecular flexibility index (Phi) is 12.8. The maximum Gasteiger partial charge on any atom is 0.335 e. The first-order valence-electron chi connectivity index (χ1n) is 15.2. The second-order valence-electron chi connectivity index (χ2n) is 12.1. The van der Waals surface area contributed by atoms with Crippen LogP contribution in [0.1, 0.15) is 0 Å². The third kappa shape index (κ3) is 8.02. The molecule has 0 aliphatic carbocycles. The van der Waals surface area contributed by atoms with E-state index < -0.39 is 162 Å². The predicted molar refractivity (Wildman–Crippen MR) is 143 cm³/mol. The Labute approximate surface area is 275 Å². The first-order valence-corrected chi connectivity index (χ1v) is 15.2. The van der Waals surface area contributed by atoms with Crippen LogP contribution in [-0.2, 0) is 47.4 Å². The van der Waals surface area contributed by atoms with Gasteiger partial charge in [-0.2, -0.15) is 0 Å². The van der Waals surface area contributed by atoms with Crippen LogP contribution in [0, 0.1) is 0 Å². The molecule has 5 aliphatic heterocycles. The third-order valence-corrected chi connectivity index (χ3v) is 8.80. The lowest BCUT2D eigenvalue weighted by Gasteiger charge is -2.46. The number of rotatable bonds is 10. The minimum Gasteiger partial charge on any atom is -0.479 e. The van der Waals surface area contributed by atoms with Gasteiger partial charge in [-0.25, -0.2) is 4.79 Å². The summed E-state index contributed by atoms with van der Waals surface area (Å²) in [6.45, 7) is -2.33. The molecule has 284 valence electrons. The van der Waals surface area contributed by atoms with E-state index in [0.717, 1.165) is 0 Å². The average molecular weight is 723 g/mol. The predicted octanol–water partition coefficient (Wildman–Crippen LogP) is -9.28. The molecular formula is C26H42O23. The number of carbonyl (C=O) groups is 1. The molecule has 49 heavy (non-hydrogen) atoms. The Morgan fingerprint density at radius 3 is 1.78 bits per heavy atom. The van der Waals surface area contributed by atoms with Crippen molar-refractivity contribution in [3.05, 3.63) is 0 Å². The Hall–Kier alpha value is -1.37.